The van der Waals surface area contributed by atoms with Gasteiger partial charge in [0.15, 0.2) is 5.90 Å². The first kappa shape index (κ1) is 18.5. The van der Waals surface area contributed by atoms with Crippen molar-refractivity contribution in [2.45, 2.75) is 33.3 Å². The van der Waals surface area contributed by atoms with E-state index in [9.17, 15) is 13.6 Å². The molecule has 0 aliphatic heterocycles. The summed E-state index contributed by atoms with van der Waals surface area (Å²) in [5.41, 5.74) is 0.0641. The second kappa shape index (κ2) is 8.82. The molecule has 0 aromatic heterocycles. The Labute approximate surface area is 133 Å². The highest BCUT2D eigenvalue weighted by atomic mass is 19.3. The summed E-state index contributed by atoms with van der Waals surface area (Å²) in [5.74, 6) is -0.940. The molecule has 0 radical (unpaired) electrons. The Morgan fingerprint density at radius 1 is 1.48 bits per heavy atom. The molecule has 0 aliphatic rings. The fourth-order valence-electron chi connectivity index (χ4n) is 1.94. The van der Waals surface area contributed by atoms with Crippen LogP contribution in [0.1, 0.15) is 48.2 Å². The number of carboxylic acids is 1. The molecule has 0 amide bonds. The van der Waals surface area contributed by atoms with Gasteiger partial charge in [0.25, 0.3) is 6.43 Å². The number of benzene rings is 1. The molecule has 23 heavy (non-hydrogen) atoms. The molecule has 0 fully saturated rings. The molecule has 0 atom stereocenters. The average molecular weight is 323 g/mol. The second-order valence-corrected chi connectivity index (χ2v) is 4.67. The van der Waals surface area contributed by atoms with Crippen molar-refractivity contribution in [2.24, 2.45) is 4.99 Å². The Morgan fingerprint density at radius 2 is 2.17 bits per heavy atom. The van der Waals surface area contributed by atoms with Crippen LogP contribution in [0.3, 0.4) is 0 Å². The lowest BCUT2D eigenvalue weighted by atomic mass is 10.0. The highest BCUT2D eigenvalue weighted by Crippen LogP contribution is 2.26. The maximum absolute atomic E-state index is 13.1. The van der Waals surface area contributed by atoms with E-state index < -0.39 is 12.4 Å². The van der Waals surface area contributed by atoms with Crippen LogP contribution in [0.2, 0.25) is 0 Å². The quantitative estimate of drug-likeness (QED) is 0.448. The van der Waals surface area contributed by atoms with Crippen molar-refractivity contribution in [2.75, 3.05) is 0 Å². The first-order valence-corrected chi connectivity index (χ1v) is 7.03. The second-order valence-electron chi connectivity index (χ2n) is 4.67. The van der Waals surface area contributed by atoms with Crippen molar-refractivity contribution < 1.29 is 23.4 Å². The van der Waals surface area contributed by atoms with Gasteiger partial charge in [-0.05, 0) is 19.1 Å². The van der Waals surface area contributed by atoms with Crippen molar-refractivity contribution in [3.63, 3.8) is 0 Å². The number of nitrogens with zero attached hydrogens (tertiary/aromatic N) is 1. The van der Waals surface area contributed by atoms with Crippen LogP contribution in [0.25, 0.3) is 0 Å². The predicted molar refractivity (Wildman–Crippen MR) is 84.8 cm³/mol. The summed E-state index contributed by atoms with van der Waals surface area (Å²) in [6.45, 7) is 6.82. The van der Waals surface area contributed by atoms with Crippen molar-refractivity contribution in [3.8, 4) is 0 Å². The minimum atomic E-state index is -2.78. The number of carboxylic acid groups (broad SMARTS) is 1. The monoisotopic (exact) mass is 323 g/mol. The van der Waals surface area contributed by atoms with E-state index in [4.69, 9.17) is 9.84 Å². The Kier molecular flexibility index (Phi) is 7.12. The highest BCUT2D eigenvalue weighted by Gasteiger charge is 2.20. The summed E-state index contributed by atoms with van der Waals surface area (Å²) in [5, 5.41) is 9.16. The van der Waals surface area contributed by atoms with Gasteiger partial charge in [-0.25, -0.2) is 18.6 Å². The number of hydrogen-bond acceptors (Lipinski definition) is 3. The summed E-state index contributed by atoms with van der Waals surface area (Å²) < 4.78 is 31.6. The zero-order valence-corrected chi connectivity index (χ0v) is 13.1. The lowest BCUT2D eigenvalue weighted by Crippen LogP contribution is -2.11. The zero-order chi connectivity index (χ0) is 17.4. The fraction of sp³-hybridized carbons (Fsp3) is 0.294. The van der Waals surface area contributed by atoms with Crippen LogP contribution >= 0.6 is 0 Å². The van der Waals surface area contributed by atoms with Crippen molar-refractivity contribution in [3.05, 3.63) is 59.3 Å². The maximum Gasteiger partial charge on any atom is 0.336 e. The van der Waals surface area contributed by atoms with Gasteiger partial charge in [-0.1, -0.05) is 31.7 Å². The van der Waals surface area contributed by atoms with Gasteiger partial charge < -0.3 is 9.84 Å². The van der Waals surface area contributed by atoms with Gasteiger partial charge in [0, 0.05) is 23.2 Å². The van der Waals surface area contributed by atoms with E-state index in [2.05, 4.69) is 11.6 Å². The molecular formula is C17H19F2NO3. The van der Waals surface area contributed by atoms with Crippen LogP contribution < -0.4 is 0 Å². The van der Waals surface area contributed by atoms with Gasteiger partial charge in [0.05, 0.1) is 5.56 Å². The molecule has 0 heterocycles. The molecule has 0 saturated carbocycles. The molecule has 6 heteroatoms. The van der Waals surface area contributed by atoms with Gasteiger partial charge >= 0.3 is 5.97 Å². The Bertz CT molecular complexity index is 637. The van der Waals surface area contributed by atoms with E-state index in [0.717, 1.165) is 0 Å². The molecule has 1 aromatic rings. The topological polar surface area (TPSA) is 58.9 Å². The molecule has 1 N–H and O–H groups in total. The van der Waals surface area contributed by atoms with Crippen molar-refractivity contribution in [1.29, 1.82) is 0 Å². The normalized spacial score (nSPS) is 12.4. The minimum Gasteiger partial charge on any atom is -0.478 e. The van der Waals surface area contributed by atoms with Crippen LogP contribution in [0.15, 0.2) is 47.6 Å². The number of halogens is 2. The Balaban J connectivity index is 3.10. The summed E-state index contributed by atoms with van der Waals surface area (Å²) in [6.07, 6.45) is 0.911. The highest BCUT2D eigenvalue weighted by molar-refractivity contribution is 5.90. The van der Waals surface area contributed by atoms with E-state index in [1.807, 2.05) is 0 Å². The first-order valence-electron chi connectivity index (χ1n) is 7.03. The summed E-state index contributed by atoms with van der Waals surface area (Å²) >= 11 is 0. The average Bonchev–Trinajstić information content (AvgIpc) is 2.50. The number of hydrogen-bond donors (Lipinski definition) is 1. The third-order valence-corrected chi connectivity index (χ3v) is 3.02. The van der Waals surface area contributed by atoms with Crippen LogP contribution in [-0.2, 0) is 11.3 Å². The summed E-state index contributed by atoms with van der Waals surface area (Å²) in [7, 11) is 0. The zero-order valence-electron chi connectivity index (χ0n) is 13.1. The van der Waals surface area contributed by atoms with E-state index >= 15 is 0 Å². The standard InChI is InChI=1S/C17H19F2NO3/c1-4-7-11(3)20-15(5-2)23-10-14-12(16(18)19)8-6-9-13(14)17(21)22/h4,6-9,16H,1,5,10H2,2-3H3,(H,21,22)/b11-7-,20-15?. The van der Waals surface area contributed by atoms with E-state index in [0.29, 0.717) is 18.0 Å². The molecule has 1 rings (SSSR count). The van der Waals surface area contributed by atoms with Crippen molar-refractivity contribution >= 4 is 11.9 Å². The van der Waals surface area contributed by atoms with Gasteiger partial charge in [0.1, 0.15) is 6.61 Å². The smallest absolute Gasteiger partial charge is 0.336 e. The Morgan fingerprint density at radius 3 is 2.70 bits per heavy atom. The lowest BCUT2D eigenvalue weighted by Gasteiger charge is -2.14. The number of alkyl halides is 2. The lowest BCUT2D eigenvalue weighted by molar-refractivity contribution is 0.0692. The molecule has 0 saturated heterocycles. The molecule has 0 spiro atoms. The third kappa shape index (κ3) is 5.32. The molecule has 4 nitrogen and oxygen atoms in total. The number of aliphatic imine (C=N–C) groups is 1. The first-order chi connectivity index (χ1) is 10.9. The van der Waals surface area contributed by atoms with Crippen LogP contribution in [0.5, 0.6) is 0 Å². The molecular weight excluding hydrogens is 304 g/mol. The van der Waals surface area contributed by atoms with Crippen LogP contribution in [0.4, 0.5) is 8.78 Å². The molecule has 0 bridgehead atoms. The molecule has 0 aliphatic carbocycles. The largest absolute Gasteiger partial charge is 0.478 e. The Hall–Kier alpha value is -2.50. The van der Waals surface area contributed by atoms with Gasteiger partial charge in [-0.2, -0.15) is 0 Å². The molecule has 124 valence electrons. The summed E-state index contributed by atoms with van der Waals surface area (Å²) in [4.78, 5) is 15.4. The van der Waals surface area contributed by atoms with E-state index in [-0.39, 0.29) is 23.3 Å². The predicted octanol–water partition coefficient (Wildman–Crippen LogP) is 4.74. The third-order valence-electron chi connectivity index (χ3n) is 3.02. The minimum absolute atomic E-state index is 0.0403. The van der Waals surface area contributed by atoms with Crippen LogP contribution in [-0.4, -0.2) is 17.0 Å². The molecule has 0 unspecified atom stereocenters. The fourth-order valence-corrected chi connectivity index (χ4v) is 1.94. The van der Waals surface area contributed by atoms with Gasteiger partial charge in [-0.15, -0.1) is 0 Å². The SMILES string of the molecule is C=C/C=C(/C)N=C(CC)OCc1c(C(=O)O)cccc1C(F)F. The molecule has 1 aromatic carbocycles. The maximum atomic E-state index is 13.1. The number of rotatable bonds is 7. The van der Waals surface area contributed by atoms with Crippen molar-refractivity contribution in [1.82, 2.24) is 0 Å². The number of allylic oxidation sites excluding steroid dienone is 3. The number of ether oxygens (including phenoxy) is 1. The van der Waals surface area contributed by atoms with Gasteiger partial charge in [-0.3, -0.25) is 0 Å². The summed E-state index contributed by atoms with van der Waals surface area (Å²) in [6, 6.07) is 3.76. The van der Waals surface area contributed by atoms with Gasteiger partial charge in [0.2, 0.25) is 0 Å². The van der Waals surface area contributed by atoms with Crippen LogP contribution in [0, 0.1) is 0 Å². The number of carbonyl (C=O) groups is 1. The van der Waals surface area contributed by atoms with E-state index in [1.165, 1.54) is 18.2 Å². The van der Waals surface area contributed by atoms with E-state index in [1.54, 1.807) is 26.0 Å². The number of aromatic carboxylic acids is 1.